The van der Waals surface area contributed by atoms with Gasteiger partial charge in [-0.3, -0.25) is 0 Å². The van der Waals surface area contributed by atoms with E-state index < -0.39 is 0 Å². The highest BCUT2D eigenvalue weighted by molar-refractivity contribution is 5.38. The predicted molar refractivity (Wildman–Crippen MR) is 128 cm³/mol. The molecule has 0 aromatic heterocycles. The number of rotatable bonds is 4. The molecule has 0 aromatic rings. The van der Waals surface area contributed by atoms with E-state index in [1.54, 1.807) is 0 Å². The molecular formula is C29H48O. The van der Waals surface area contributed by atoms with Gasteiger partial charge in [0, 0.05) is 0 Å². The molecule has 0 saturated heterocycles. The van der Waals surface area contributed by atoms with Crippen molar-refractivity contribution in [1.82, 2.24) is 0 Å². The van der Waals surface area contributed by atoms with E-state index >= 15 is 0 Å². The van der Waals surface area contributed by atoms with Gasteiger partial charge in [0.25, 0.3) is 0 Å². The molecule has 170 valence electrons. The highest BCUT2D eigenvalue weighted by Gasteiger charge is 2.62. The number of hydrogen-bond donors (Lipinski definition) is 1. The Labute approximate surface area is 186 Å². The zero-order chi connectivity index (χ0) is 21.9. The average Bonchev–Trinajstić information content (AvgIpc) is 2.96. The number of fused-ring (bicyclic) bond motifs is 4. The second-order valence-corrected chi connectivity index (χ2v) is 12.7. The van der Waals surface area contributed by atoms with Crippen LogP contribution in [0.3, 0.4) is 0 Å². The fourth-order valence-electron chi connectivity index (χ4n) is 9.09. The zero-order valence-corrected chi connectivity index (χ0v) is 21.0. The van der Waals surface area contributed by atoms with Crippen LogP contribution < -0.4 is 0 Å². The molecule has 1 unspecified atom stereocenters. The Morgan fingerprint density at radius 3 is 2.47 bits per heavy atom. The molecule has 0 heterocycles. The van der Waals surface area contributed by atoms with Gasteiger partial charge in [0.1, 0.15) is 0 Å². The number of aliphatic hydroxyl groups excluding tert-OH is 1. The van der Waals surface area contributed by atoms with Crippen molar-refractivity contribution in [2.24, 2.45) is 39.9 Å². The van der Waals surface area contributed by atoms with Crippen LogP contribution in [0.15, 0.2) is 22.8 Å². The molecule has 0 aromatic carbocycles. The normalized spacial score (nSPS) is 46.7. The van der Waals surface area contributed by atoms with E-state index in [0.29, 0.717) is 28.1 Å². The number of aliphatic hydroxyl groups is 1. The van der Waals surface area contributed by atoms with Crippen molar-refractivity contribution in [3.8, 4) is 0 Å². The van der Waals surface area contributed by atoms with Crippen molar-refractivity contribution in [3.63, 3.8) is 0 Å². The molecule has 0 spiro atoms. The Balaban J connectivity index is 1.63. The third-order valence-corrected chi connectivity index (χ3v) is 11.2. The SMILES string of the molecule is CC(C)=CCC[C@@H](C)[C@H]1CC[C@@]2(C)C3=C(CC[C@]12C)[C@@]1(C)CC[C@H](O)C(C)[C@@H]1CC3. The minimum absolute atomic E-state index is 0.0767. The molecule has 1 nitrogen and oxygen atoms in total. The topological polar surface area (TPSA) is 20.2 Å². The summed E-state index contributed by atoms with van der Waals surface area (Å²) in [6, 6.07) is 0. The first-order valence-electron chi connectivity index (χ1n) is 13.1. The van der Waals surface area contributed by atoms with Gasteiger partial charge in [-0.1, -0.05) is 57.4 Å². The summed E-state index contributed by atoms with van der Waals surface area (Å²) in [5.41, 5.74) is 6.44. The molecule has 0 bridgehead atoms. The molecule has 4 rings (SSSR count). The van der Waals surface area contributed by atoms with Gasteiger partial charge in [0.15, 0.2) is 0 Å². The summed E-state index contributed by atoms with van der Waals surface area (Å²) < 4.78 is 0. The molecule has 8 atom stereocenters. The predicted octanol–water partition coefficient (Wildman–Crippen LogP) is 8.09. The summed E-state index contributed by atoms with van der Waals surface area (Å²) >= 11 is 0. The monoisotopic (exact) mass is 412 g/mol. The van der Waals surface area contributed by atoms with Crippen LogP contribution in [0.4, 0.5) is 0 Å². The van der Waals surface area contributed by atoms with Crippen LogP contribution in [-0.4, -0.2) is 11.2 Å². The first-order chi connectivity index (χ1) is 14.0. The first kappa shape index (κ1) is 22.6. The van der Waals surface area contributed by atoms with Gasteiger partial charge >= 0.3 is 0 Å². The maximum atomic E-state index is 10.5. The summed E-state index contributed by atoms with van der Waals surface area (Å²) in [6.07, 6.45) is 15.3. The Morgan fingerprint density at radius 2 is 1.77 bits per heavy atom. The van der Waals surface area contributed by atoms with E-state index in [4.69, 9.17) is 0 Å². The standard InChI is InChI=1S/C29H48O/c1-19(2)9-8-10-20(3)22-13-17-29(7)25-12-11-23-21(4)26(30)15-16-27(23,5)24(25)14-18-28(22,29)6/h9,20-23,26,30H,8,10-18H2,1-7H3/t20-,21?,22-,23+,26+,27+,28-,29+/m1/s1. The second-order valence-electron chi connectivity index (χ2n) is 12.7. The van der Waals surface area contributed by atoms with E-state index in [9.17, 15) is 5.11 Å². The minimum Gasteiger partial charge on any atom is -0.393 e. The highest BCUT2D eigenvalue weighted by Crippen LogP contribution is 2.71. The van der Waals surface area contributed by atoms with Crippen molar-refractivity contribution in [2.75, 3.05) is 0 Å². The van der Waals surface area contributed by atoms with Gasteiger partial charge < -0.3 is 5.11 Å². The van der Waals surface area contributed by atoms with E-state index in [1.807, 2.05) is 11.1 Å². The van der Waals surface area contributed by atoms with Crippen LogP contribution in [-0.2, 0) is 0 Å². The first-order valence-corrected chi connectivity index (χ1v) is 13.1. The molecular weight excluding hydrogens is 364 g/mol. The molecule has 1 heteroatoms. The molecule has 0 aliphatic heterocycles. The molecule has 2 fully saturated rings. The summed E-state index contributed by atoms with van der Waals surface area (Å²) in [5, 5.41) is 10.5. The average molecular weight is 413 g/mol. The van der Waals surface area contributed by atoms with Crippen LogP contribution in [0.2, 0.25) is 0 Å². The Bertz CT molecular complexity index is 727. The van der Waals surface area contributed by atoms with Crippen LogP contribution >= 0.6 is 0 Å². The van der Waals surface area contributed by atoms with Crippen molar-refractivity contribution < 1.29 is 5.11 Å². The molecule has 0 radical (unpaired) electrons. The lowest BCUT2D eigenvalue weighted by atomic mass is 9.45. The van der Waals surface area contributed by atoms with Crippen molar-refractivity contribution in [3.05, 3.63) is 22.8 Å². The lowest BCUT2D eigenvalue weighted by molar-refractivity contribution is -0.0412. The van der Waals surface area contributed by atoms with Gasteiger partial charge in [-0.15, -0.1) is 0 Å². The summed E-state index contributed by atoms with van der Waals surface area (Å²) in [4.78, 5) is 0. The second kappa shape index (κ2) is 7.79. The van der Waals surface area contributed by atoms with Crippen molar-refractivity contribution in [2.45, 2.75) is 119 Å². The maximum absolute atomic E-state index is 10.5. The van der Waals surface area contributed by atoms with E-state index in [2.05, 4.69) is 54.5 Å². The molecule has 1 N–H and O–H groups in total. The lowest BCUT2D eigenvalue weighted by Crippen LogP contribution is -2.51. The van der Waals surface area contributed by atoms with Gasteiger partial charge in [0.05, 0.1) is 6.10 Å². The molecule has 4 aliphatic carbocycles. The van der Waals surface area contributed by atoms with Crippen LogP contribution in [0, 0.1) is 39.9 Å². The van der Waals surface area contributed by atoms with Crippen LogP contribution in [0.25, 0.3) is 0 Å². The molecule has 0 amide bonds. The minimum atomic E-state index is -0.0767. The fraction of sp³-hybridized carbons (Fsp3) is 0.862. The van der Waals surface area contributed by atoms with Gasteiger partial charge in [0.2, 0.25) is 0 Å². The van der Waals surface area contributed by atoms with Crippen molar-refractivity contribution in [1.29, 1.82) is 0 Å². The summed E-state index contributed by atoms with van der Waals surface area (Å²) in [5.74, 6) is 2.85. The molecule has 2 saturated carbocycles. The van der Waals surface area contributed by atoms with Crippen LogP contribution in [0.1, 0.15) is 113 Å². The maximum Gasteiger partial charge on any atom is 0.0569 e. The van der Waals surface area contributed by atoms with E-state index in [0.717, 1.165) is 18.3 Å². The van der Waals surface area contributed by atoms with Crippen LogP contribution in [0.5, 0.6) is 0 Å². The van der Waals surface area contributed by atoms with E-state index in [1.165, 1.54) is 63.4 Å². The smallest absolute Gasteiger partial charge is 0.0569 e. The summed E-state index contributed by atoms with van der Waals surface area (Å²) in [7, 11) is 0. The quantitative estimate of drug-likeness (QED) is 0.462. The number of allylic oxidation sites excluding steroid dienone is 4. The Hall–Kier alpha value is -0.560. The number of hydrogen-bond acceptors (Lipinski definition) is 1. The van der Waals surface area contributed by atoms with Gasteiger partial charge in [-0.2, -0.15) is 0 Å². The summed E-state index contributed by atoms with van der Waals surface area (Å²) in [6.45, 7) is 17.3. The Morgan fingerprint density at radius 1 is 1.03 bits per heavy atom. The van der Waals surface area contributed by atoms with Gasteiger partial charge in [-0.25, -0.2) is 0 Å². The Kier molecular flexibility index (Phi) is 5.87. The van der Waals surface area contributed by atoms with E-state index in [-0.39, 0.29) is 6.10 Å². The highest BCUT2D eigenvalue weighted by atomic mass is 16.3. The molecule has 30 heavy (non-hydrogen) atoms. The fourth-order valence-corrected chi connectivity index (χ4v) is 9.09. The van der Waals surface area contributed by atoms with Crippen molar-refractivity contribution >= 4 is 0 Å². The van der Waals surface area contributed by atoms with Gasteiger partial charge in [-0.05, 0) is 118 Å². The third-order valence-electron chi connectivity index (χ3n) is 11.2. The third kappa shape index (κ3) is 3.20. The largest absolute Gasteiger partial charge is 0.393 e. The molecule has 4 aliphatic rings. The lowest BCUT2D eigenvalue weighted by Gasteiger charge is -2.60. The zero-order valence-electron chi connectivity index (χ0n) is 21.0.